The zero-order valence-corrected chi connectivity index (χ0v) is 16.1. The second-order valence-corrected chi connectivity index (χ2v) is 6.85. The number of nitrogens with one attached hydrogen (secondary N) is 1. The number of aryl methyl sites for hydroxylation is 1. The summed E-state index contributed by atoms with van der Waals surface area (Å²) >= 11 is 5.96. The monoisotopic (exact) mass is 387 g/mol. The topological polar surface area (TPSA) is 61.9 Å². The first kappa shape index (κ1) is 19.0. The maximum absolute atomic E-state index is 12.5. The van der Waals surface area contributed by atoms with Crippen molar-refractivity contribution in [1.82, 2.24) is 4.90 Å². The number of nitrogens with zero attached hydrogens (tertiary/aromatic N) is 2. The number of rotatable bonds is 3. The van der Waals surface area contributed by atoms with Crippen LogP contribution in [0.15, 0.2) is 42.5 Å². The van der Waals surface area contributed by atoms with Crippen LogP contribution in [0.1, 0.15) is 5.56 Å². The molecule has 1 N–H and O–H groups in total. The van der Waals surface area contributed by atoms with Crippen molar-refractivity contribution in [3.63, 3.8) is 0 Å². The molecular formula is C20H22ClN3O3. The summed E-state index contributed by atoms with van der Waals surface area (Å²) in [5.41, 5.74) is 2.71. The highest BCUT2D eigenvalue weighted by Crippen LogP contribution is 2.27. The number of anilines is 2. The van der Waals surface area contributed by atoms with Crippen molar-refractivity contribution in [1.29, 1.82) is 0 Å². The van der Waals surface area contributed by atoms with Gasteiger partial charge in [0.25, 0.3) is 0 Å². The number of benzene rings is 2. The van der Waals surface area contributed by atoms with Crippen LogP contribution in [0.4, 0.5) is 11.4 Å². The summed E-state index contributed by atoms with van der Waals surface area (Å²) in [5.74, 6) is -0.801. The molecule has 1 fully saturated rings. The number of ether oxygens (including phenoxy) is 1. The van der Waals surface area contributed by atoms with Gasteiger partial charge in [-0.25, -0.2) is 0 Å². The maximum atomic E-state index is 12.5. The molecular weight excluding hydrogens is 366 g/mol. The van der Waals surface area contributed by atoms with Crippen LogP contribution in [-0.4, -0.2) is 50.0 Å². The fraction of sp³-hybridized carbons (Fsp3) is 0.300. The van der Waals surface area contributed by atoms with E-state index in [2.05, 4.69) is 35.3 Å². The Balaban J connectivity index is 1.60. The number of amides is 2. The Labute approximate surface area is 163 Å². The van der Waals surface area contributed by atoms with Gasteiger partial charge in [0.1, 0.15) is 5.75 Å². The summed E-state index contributed by atoms with van der Waals surface area (Å²) in [6.07, 6.45) is 0. The lowest BCUT2D eigenvalue weighted by Gasteiger charge is -2.35. The first-order chi connectivity index (χ1) is 13.0. The molecule has 0 aromatic heterocycles. The van der Waals surface area contributed by atoms with Crippen molar-refractivity contribution in [2.75, 3.05) is 43.5 Å². The zero-order chi connectivity index (χ0) is 19.4. The minimum atomic E-state index is -0.695. The van der Waals surface area contributed by atoms with Crippen molar-refractivity contribution in [2.45, 2.75) is 6.92 Å². The van der Waals surface area contributed by atoms with Gasteiger partial charge >= 0.3 is 11.8 Å². The minimum absolute atomic E-state index is 0.377. The predicted molar refractivity (Wildman–Crippen MR) is 107 cm³/mol. The summed E-state index contributed by atoms with van der Waals surface area (Å²) in [6, 6.07) is 13.1. The molecule has 2 aromatic rings. The quantitative estimate of drug-likeness (QED) is 0.822. The second-order valence-electron chi connectivity index (χ2n) is 6.42. The van der Waals surface area contributed by atoms with Crippen LogP contribution >= 0.6 is 11.6 Å². The van der Waals surface area contributed by atoms with E-state index in [-0.39, 0.29) is 0 Å². The van der Waals surface area contributed by atoms with Crippen molar-refractivity contribution in [2.24, 2.45) is 0 Å². The Kier molecular flexibility index (Phi) is 5.86. The van der Waals surface area contributed by atoms with Gasteiger partial charge in [-0.2, -0.15) is 0 Å². The lowest BCUT2D eigenvalue weighted by Crippen LogP contribution is -2.51. The molecule has 0 atom stereocenters. The highest BCUT2D eigenvalue weighted by Gasteiger charge is 2.26. The summed E-state index contributed by atoms with van der Waals surface area (Å²) in [6.45, 7) is 4.41. The van der Waals surface area contributed by atoms with Crippen LogP contribution in [0, 0.1) is 6.92 Å². The van der Waals surface area contributed by atoms with Crippen LogP contribution in [-0.2, 0) is 9.59 Å². The van der Waals surface area contributed by atoms with Gasteiger partial charge in [0, 0.05) is 36.9 Å². The third-order valence-electron chi connectivity index (χ3n) is 4.54. The van der Waals surface area contributed by atoms with Crippen LogP contribution in [0.5, 0.6) is 5.75 Å². The molecule has 0 unspecified atom stereocenters. The average molecular weight is 388 g/mol. The highest BCUT2D eigenvalue weighted by atomic mass is 35.5. The van der Waals surface area contributed by atoms with E-state index < -0.39 is 11.8 Å². The Bertz CT molecular complexity index is 848. The molecule has 2 amide bonds. The van der Waals surface area contributed by atoms with Gasteiger partial charge in [0.05, 0.1) is 12.8 Å². The molecule has 7 heteroatoms. The molecule has 1 aliphatic rings. The molecule has 1 aliphatic heterocycles. The van der Waals surface area contributed by atoms with Gasteiger partial charge in [0.15, 0.2) is 0 Å². The van der Waals surface area contributed by atoms with E-state index in [1.165, 1.54) is 12.7 Å². The van der Waals surface area contributed by atoms with E-state index in [9.17, 15) is 9.59 Å². The Morgan fingerprint density at radius 1 is 1.07 bits per heavy atom. The smallest absolute Gasteiger partial charge is 0.314 e. The zero-order valence-electron chi connectivity index (χ0n) is 15.4. The van der Waals surface area contributed by atoms with Gasteiger partial charge in [-0.15, -0.1) is 0 Å². The molecule has 142 valence electrons. The summed E-state index contributed by atoms with van der Waals surface area (Å²) in [7, 11) is 1.49. The van der Waals surface area contributed by atoms with Gasteiger partial charge in [0.2, 0.25) is 0 Å². The SMILES string of the molecule is COc1ccc(Cl)cc1NC(=O)C(=O)N1CCN(c2cccc(C)c2)CC1. The first-order valence-electron chi connectivity index (χ1n) is 8.73. The molecule has 6 nitrogen and oxygen atoms in total. The van der Waals surface area contributed by atoms with Gasteiger partial charge in [-0.05, 0) is 42.8 Å². The van der Waals surface area contributed by atoms with E-state index >= 15 is 0 Å². The third-order valence-corrected chi connectivity index (χ3v) is 4.77. The van der Waals surface area contributed by atoms with Gasteiger partial charge < -0.3 is 19.9 Å². The predicted octanol–water partition coefficient (Wildman–Crippen LogP) is 2.94. The van der Waals surface area contributed by atoms with E-state index in [0.29, 0.717) is 42.6 Å². The molecule has 2 aromatic carbocycles. The van der Waals surface area contributed by atoms with Crippen molar-refractivity contribution in [3.05, 3.63) is 53.1 Å². The molecule has 27 heavy (non-hydrogen) atoms. The standard InChI is InChI=1S/C20H22ClN3O3/c1-14-4-3-5-16(12-14)23-8-10-24(11-9-23)20(26)19(25)22-17-13-15(21)6-7-18(17)27-2/h3-7,12-13H,8-11H2,1-2H3,(H,22,25). The van der Waals surface area contributed by atoms with Gasteiger partial charge in [-0.1, -0.05) is 23.7 Å². The van der Waals surface area contributed by atoms with Crippen molar-refractivity contribution >= 4 is 34.8 Å². The molecule has 0 saturated carbocycles. The van der Waals surface area contributed by atoms with Crippen LogP contribution in [0.25, 0.3) is 0 Å². The molecule has 0 bridgehead atoms. The molecule has 0 radical (unpaired) electrons. The highest BCUT2D eigenvalue weighted by molar-refractivity contribution is 6.40. The number of hydrogen-bond donors (Lipinski definition) is 1. The van der Waals surface area contributed by atoms with E-state index in [1.807, 2.05) is 6.07 Å². The number of halogens is 1. The van der Waals surface area contributed by atoms with E-state index in [0.717, 1.165) is 5.69 Å². The van der Waals surface area contributed by atoms with Crippen molar-refractivity contribution in [3.8, 4) is 5.75 Å². The number of carbonyl (C=O) groups is 2. The van der Waals surface area contributed by atoms with Gasteiger partial charge in [-0.3, -0.25) is 9.59 Å². The van der Waals surface area contributed by atoms with Crippen LogP contribution in [0.3, 0.4) is 0 Å². The third kappa shape index (κ3) is 4.52. The lowest BCUT2D eigenvalue weighted by molar-refractivity contribution is -0.143. The largest absolute Gasteiger partial charge is 0.495 e. The Morgan fingerprint density at radius 3 is 2.48 bits per heavy atom. The fourth-order valence-corrected chi connectivity index (χ4v) is 3.26. The second kappa shape index (κ2) is 8.31. The van der Waals surface area contributed by atoms with Crippen molar-refractivity contribution < 1.29 is 14.3 Å². The van der Waals surface area contributed by atoms with E-state index in [4.69, 9.17) is 16.3 Å². The fourth-order valence-electron chi connectivity index (χ4n) is 3.09. The Hall–Kier alpha value is -2.73. The molecule has 0 spiro atoms. The van der Waals surface area contributed by atoms with Crippen LogP contribution < -0.4 is 15.0 Å². The number of carbonyl (C=O) groups excluding carboxylic acids is 2. The summed E-state index contributed by atoms with van der Waals surface area (Å²) in [4.78, 5) is 28.7. The molecule has 3 rings (SSSR count). The van der Waals surface area contributed by atoms with E-state index in [1.54, 1.807) is 23.1 Å². The minimum Gasteiger partial charge on any atom is -0.495 e. The molecule has 1 saturated heterocycles. The first-order valence-corrected chi connectivity index (χ1v) is 9.11. The normalized spacial score (nSPS) is 14.0. The average Bonchev–Trinajstić information content (AvgIpc) is 2.67. The Morgan fingerprint density at radius 2 is 1.81 bits per heavy atom. The summed E-state index contributed by atoms with van der Waals surface area (Å²) < 4.78 is 5.19. The number of piperazine rings is 1. The molecule has 1 heterocycles. The van der Waals surface area contributed by atoms with Crippen LogP contribution in [0.2, 0.25) is 5.02 Å². The summed E-state index contributed by atoms with van der Waals surface area (Å²) in [5, 5.41) is 3.05. The molecule has 0 aliphatic carbocycles. The number of methoxy groups -OCH3 is 1. The maximum Gasteiger partial charge on any atom is 0.314 e. The lowest BCUT2D eigenvalue weighted by atomic mass is 10.2. The number of hydrogen-bond acceptors (Lipinski definition) is 4.